The lowest BCUT2D eigenvalue weighted by Crippen LogP contribution is -2.43. The molecule has 1 aromatic rings. The minimum absolute atomic E-state index is 0.0476. The second kappa shape index (κ2) is 6.77. The molecule has 1 aliphatic heterocycles. The zero-order valence-corrected chi connectivity index (χ0v) is 13.5. The lowest BCUT2D eigenvalue weighted by molar-refractivity contribution is 0.0687. The molecule has 0 spiro atoms. The number of hydrogen-bond donors (Lipinski definition) is 0. The number of carbonyl (C=O) groups excluding carboxylic acids is 1. The molecular weight excluding hydrogens is 282 g/mol. The van der Waals surface area contributed by atoms with Crippen LogP contribution in [0.5, 0.6) is 5.75 Å². The van der Waals surface area contributed by atoms with Crippen LogP contribution in [-0.4, -0.2) is 33.7 Å². The third kappa shape index (κ3) is 3.37. The number of ether oxygens (including phenoxy) is 1. The maximum Gasteiger partial charge on any atom is 0.276 e. The van der Waals surface area contributed by atoms with Gasteiger partial charge in [-0.15, -0.1) is 0 Å². The Hall–Kier alpha value is -2.11. The molecule has 0 saturated carbocycles. The predicted molar refractivity (Wildman–Crippen MR) is 83.9 cm³/mol. The van der Waals surface area contributed by atoms with E-state index in [1.54, 1.807) is 9.58 Å². The zero-order valence-electron chi connectivity index (χ0n) is 13.5. The molecule has 1 aromatic heterocycles. The lowest BCUT2D eigenvalue weighted by atomic mass is 10.1. The van der Waals surface area contributed by atoms with E-state index >= 15 is 0 Å². The molecule has 2 rings (SSSR count). The van der Waals surface area contributed by atoms with Gasteiger partial charge in [0.05, 0.1) is 18.5 Å². The SMILES string of the molecule is C=C(CC(C)C)Oc1c2n(ncc1=O)CCN(CCC)C2=O. The second-order valence-corrected chi connectivity index (χ2v) is 5.94. The molecule has 6 nitrogen and oxygen atoms in total. The van der Waals surface area contributed by atoms with Gasteiger partial charge in [-0.25, -0.2) is 0 Å². The van der Waals surface area contributed by atoms with Crippen molar-refractivity contribution in [2.75, 3.05) is 13.1 Å². The number of amides is 1. The summed E-state index contributed by atoms with van der Waals surface area (Å²) in [6.07, 6.45) is 2.70. The first-order chi connectivity index (χ1) is 10.4. The van der Waals surface area contributed by atoms with Crippen LogP contribution in [0.25, 0.3) is 0 Å². The van der Waals surface area contributed by atoms with Crippen LogP contribution in [0.1, 0.15) is 44.1 Å². The van der Waals surface area contributed by atoms with E-state index in [-0.39, 0.29) is 22.8 Å². The van der Waals surface area contributed by atoms with Crippen LogP contribution in [0.3, 0.4) is 0 Å². The van der Waals surface area contributed by atoms with E-state index in [9.17, 15) is 9.59 Å². The monoisotopic (exact) mass is 305 g/mol. The van der Waals surface area contributed by atoms with Crippen LogP contribution in [0.2, 0.25) is 0 Å². The average molecular weight is 305 g/mol. The van der Waals surface area contributed by atoms with E-state index in [4.69, 9.17) is 4.74 Å². The van der Waals surface area contributed by atoms with Crippen molar-refractivity contribution < 1.29 is 9.53 Å². The van der Waals surface area contributed by atoms with Gasteiger partial charge in [0.1, 0.15) is 0 Å². The topological polar surface area (TPSA) is 64.4 Å². The van der Waals surface area contributed by atoms with Crippen LogP contribution in [0.15, 0.2) is 23.3 Å². The fourth-order valence-corrected chi connectivity index (χ4v) is 2.54. The molecule has 22 heavy (non-hydrogen) atoms. The van der Waals surface area contributed by atoms with Crippen LogP contribution < -0.4 is 10.2 Å². The molecule has 0 aromatic carbocycles. The molecule has 6 heteroatoms. The molecule has 2 heterocycles. The molecule has 0 atom stereocenters. The van der Waals surface area contributed by atoms with Crippen LogP contribution in [0.4, 0.5) is 0 Å². The Bertz CT molecular complexity index is 634. The molecule has 0 bridgehead atoms. The summed E-state index contributed by atoms with van der Waals surface area (Å²) in [5.74, 6) is 0.693. The molecule has 120 valence electrons. The van der Waals surface area contributed by atoms with E-state index in [0.29, 0.717) is 37.7 Å². The average Bonchev–Trinajstić information content (AvgIpc) is 2.44. The first-order valence-corrected chi connectivity index (χ1v) is 7.69. The number of fused-ring (bicyclic) bond motifs is 1. The van der Waals surface area contributed by atoms with Crippen molar-refractivity contribution in [1.82, 2.24) is 14.7 Å². The molecule has 0 fully saturated rings. The maximum absolute atomic E-state index is 12.6. The Kier molecular flexibility index (Phi) is 5.00. The Morgan fingerprint density at radius 2 is 2.14 bits per heavy atom. The highest BCUT2D eigenvalue weighted by Crippen LogP contribution is 2.22. The van der Waals surface area contributed by atoms with Crippen LogP contribution >= 0.6 is 0 Å². The standard InChI is InChI=1S/C16H23N3O3/c1-5-6-18-7-8-19-14(16(18)21)15(13(20)10-17-19)22-12(4)9-11(2)3/h10-11H,4-9H2,1-3H3. The van der Waals surface area contributed by atoms with E-state index < -0.39 is 0 Å². The minimum Gasteiger partial charge on any atom is -0.456 e. The van der Waals surface area contributed by atoms with Crippen molar-refractivity contribution in [3.63, 3.8) is 0 Å². The van der Waals surface area contributed by atoms with Crippen molar-refractivity contribution in [3.05, 3.63) is 34.5 Å². The van der Waals surface area contributed by atoms with Gasteiger partial charge in [0.15, 0.2) is 5.69 Å². The van der Waals surface area contributed by atoms with Gasteiger partial charge in [-0.2, -0.15) is 5.10 Å². The number of hydrogen-bond acceptors (Lipinski definition) is 4. The van der Waals surface area contributed by atoms with Gasteiger partial charge in [0.2, 0.25) is 11.2 Å². The van der Waals surface area contributed by atoms with Crippen molar-refractivity contribution >= 4 is 5.91 Å². The predicted octanol–water partition coefficient (Wildman–Crippen LogP) is 2.05. The second-order valence-electron chi connectivity index (χ2n) is 5.94. The van der Waals surface area contributed by atoms with Crippen molar-refractivity contribution in [2.24, 2.45) is 5.92 Å². The summed E-state index contributed by atoms with van der Waals surface area (Å²) in [4.78, 5) is 26.4. The summed E-state index contributed by atoms with van der Waals surface area (Å²) < 4.78 is 7.19. The van der Waals surface area contributed by atoms with Gasteiger partial charge in [0.25, 0.3) is 5.91 Å². The first-order valence-electron chi connectivity index (χ1n) is 7.69. The number of nitrogens with zero attached hydrogens (tertiary/aromatic N) is 3. The maximum atomic E-state index is 12.6. The number of allylic oxidation sites excluding steroid dienone is 1. The van der Waals surface area contributed by atoms with E-state index in [1.165, 1.54) is 6.20 Å². The van der Waals surface area contributed by atoms with Crippen molar-refractivity contribution in [3.8, 4) is 5.75 Å². The lowest BCUT2D eigenvalue weighted by Gasteiger charge is -2.29. The Labute approximate surface area is 130 Å². The highest BCUT2D eigenvalue weighted by Gasteiger charge is 2.29. The first kappa shape index (κ1) is 16.3. The zero-order chi connectivity index (χ0) is 16.3. The van der Waals surface area contributed by atoms with Gasteiger partial charge in [0, 0.05) is 19.5 Å². The summed E-state index contributed by atoms with van der Waals surface area (Å²) >= 11 is 0. The van der Waals surface area contributed by atoms with Gasteiger partial charge in [-0.05, 0) is 12.3 Å². The van der Waals surface area contributed by atoms with Crippen LogP contribution in [0, 0.1) is 5.92 Å². The van der Waals surface area contributed by atoms with Gasteiger partial charge < -0.3 is 9.64 Å². The summed E-state index contributed by atoms with van der Waals surface area (Å²) in [6.45, 7) is 11.8. The third-order valence-electron chi connectivity index (χ3n) is 3.46. The quantitative estimate of drug-likeness (QED) is 0.755. The highest BCUT2D eigenvalue weighted by molar-refractivity contribution is 5.95. The van der Waals surface area contributed by atoms with Gasteiger partial charge >= 0.3 is 0 Å². The van der Waals surface area contributed by atoms with Gasteiger partial charge in [-0.3, -0.25) is 14.3 Å². The molecule has 1 amide bonds. The van der Waals surface area contributed by atoms with Crippen molar-refractivity contribution in [2.45, 2.75) is 40.2 Å². The molecule has 0 aliphatic carbocycles. The molecule has 0 unspecified atom stereocenters. The highest BCUT2D eigenvalue weighted by atomic mass is 16.5. The van der Waals surface area contributed by atoms with E-state index in [0.717, 1.165) is 6.42 Å². The Morgan fingerprint density at radius 1 is 1.41 bits per heavy atom. The summed E-state index contributed by atoms with van der Waals surface area (Å²) in [6, 6.07) is 0. The van der Waals surface area contributed by atoms with Gasteiger partial charge in [-0.1, -0.05) is 27.4 Å². The summed E-state index contributed by atoms with van der Waals surface area (Å²) in [5.41, 5.74) is -0.153. The number of aromatic nitrogens is 2. The Morgan fingerprint density at radius 3 is 2.77 bits per heavy atom. The molecule has 1 aliphatic rings. The summed E-state index contributed by atoms with van der Waals surface area (Å²) in [5, 5.41) is 4.04. The fourth-order valence-electron chi connectivity index (χ4n) is 2.54. The summed E-state index contributed by atoms with van der Waals surface area (Å²) in [7, 11) is 0. The number of rotatable bonds is 6. The molecule has 0 N–H and O–H groups in total. The minimum atomic E-state index is -0.386. The smallest absolute Gasteiger partial charge is 0.276 e. The van der Waals surface area contributed by atoms with E-state index in [1.807, 2.05) is 20.8 Å². The molecular formula is C16H23N3O3. The van der Waals surface area contributed by atoms with Crippen LogP contribution in [-0.2, 0) is 6.54 Å². The fraction of sp³-hybridized carbons (Fsp3) is 0.562. The normalized spacial score (nSPS) is 14.2. The van der Waals surface area contributed by atoms with Crippen molar-refractivity contribution in [1.29, 1.82) is 0 Å². The molecule has 0 radical (unpaired) electrons. The third-order valence-corrected chi connectivity index (χ3v) is 3.46. The molecule has 0 saturated heterocycles. The largest absolute Gasteiger partial charge is 0.456 e. The van der Waals surface area contributed by atoms with E-state index in [2.05, 4.69) is 11.7 Å². The Balaban J connectivity index is 2.37. The number of carbonyl (C=O) groups is 1.